The summed E-state index contributed by atoms with van der Waals surface area (Å²) in [6.45, 7) is 10.6. The quantitative estimate of drug-likeness (QED) is 0.558. The fraction of sp³-hybridized carbons (Fsp3) is 1.00. The Balaban J connectivity index is 3.22. The predicted molar refractivity (Wildman–Crippen MR) is 61.3 cm³/mol. The molecule has 0 aliphatic carbocycles. The zero-order valence-electron chi connectivity index (χ0n) is 10.5. The molecule has 1 N–H and O–H groups in total. The topological polar surface area (TPSA) is 39.7 Å². The van der Waals surface area contributed by atoms with Crippen molar-refractivity contribution in [2.24, 2.45) is 0 Å². The third-order valence-corrected chi connectivity index (χ3v) is 1.94. The Hall–Kier alpha value is -0.160. The summed E-state index contributed by atoms with van der Waals surface area (Å²) in [4.78, 5) is 0. The highest BCUT2D eigenvalue weighted by Crippen LogP contribution is 2.06. The molecule has 0 spiro atoms. The average Bonchev–Trinajstić information content (AvgIpc) is 2.16. The maximum atomic E-state index is 5.55. The van der Waals surface area contributed by atoms with E-state index in [0.717, 1.165) is 19.7 Å². The monoisotopic (exact) mass is 219 g/mol. The van der Waals surface area contributed by atoms with Crippen LogP contribution in [0.1, 0.15) is 20.8 Å². The average molecular weight is 219 g/mol. The van der Waals surface area contributed by atoms with Crippen molar-refractivity contribution in [3.8, 4) is 0 Å². The first-order valence-corrected chi connectivity index (χ1v) is 5.53. The molecule has 0 fully saturated rings. The summed E-state index contributed by atoms with van der Waals surface area (Å²) in [6, 6.07) is 0. The Morgan fingerprint density at radius 3 is 2.47 bits per heavy atom. The van der Waals surface area contributed by atoms with Gasteiger partial charge in [0.1, 0.15) is 0 Å². The molecule has 0 bridgehead atoms. The first-order valence-electron chi connectivity index (χ1n) is 5.53. The molecule has 0 aromatic carbocycles. The van der Waals surface area contributed by atoms with E-state index in [1.807, 2.05) is 6.92 Å². The van der Waals surface area contributed by atoms with Crippen molar-refractivity contribution >= 4 is 0 Å². The van der Waals surface area contributed by atoms with E-state index in [2.05, 4.69) is 19.2 Å². The number of rotatable bonds is 10. The predicted octanol–water partition coefficient (Wildman–Crippen LogP) is 1.05. The smallest absolute Gasteiger partial charge is 0.0750 e. The van der Waals surface area contributed by atoms with E-state index in [1.54, 1.807) is 7.11 Å². The molecule has 0 amide bonds. The Kier molecular flexibility index (Phi) is 9.00. The number of methoxy groups -OCH3 is 1. The summed E-state index contributed by atoms with van der Waals surface area (Å²) in [5.41, 5.74) is -0.0960. The van der Waals surface area contributed by atoms with Gasteiger partial charge in [0.25, 0.3) is 0 Å². The summed E-state index contributed by atoms with van der Waals surface area (Å²) >= 11 is 0. The number of hydrogen-bond acceptors (Lipinski definition) is 4. The van der Waals surface area contributed by atoms with Crippen LogP contribution in [0.2, 0.25) is 0 Å². The Morgan fingerprint density at radius 1 is 1.13 bits per heavy atom. The van der Waals surface area contributed by atoms with Crippen molar-refractivity contribution in [1.82, 2.24) is 5.32 Å². The van der Waals surface area contributed by atoms with Gasteiger partial charge in [-0.2, -0.15) is 0 Å². The molecule has 0 aliphatic heterocycles. The van der Waals surface area contributed by atoms with E-state index in [9.17, 15) is 0 Å². The summed E-state index contributed by atoms with van der Waals surface area (Å²) in [7, 11) is 1.67. The van der Waals surface area contributed by atoms with Crippen LogP contribution in [0.5, 0.6) is 0 Å². The van der Waals surface area contributed by atoms with Gasteiger partial charge in [0.2, 0.25) is 0 Å². The second-order valence-corrected chi connectivity index (χ2v) is 3.97. The minimum absolute atomic E-state index is 0.0960. The van der Waals surface area contributed by atoms with E-state index in [4.69, 9.17) is 14.2 Å². The van der Waals surface area contributed by atoms with Crippen LogP contribution in [-0.4, -0.2) is 52.2 Å². The van der Waals surface area contributed by atoms with E-state index < -0.39 is 0 Å². The second-order valence-electron chi connectivity index (χ2n) is 3.97. The zero-order chi connectivity index (χ0) is 11.6. The number of nitrogens with one attached hydrogen (secondary N) is 1. The maximum Gasteiger partial charge on any atom is 0.0750 e. The van der Waals surface area contributed by atoms with Gasteiger partial charge in [-0.3, -0.25) is 0 Å². The maximum absolute atomic E-state index is 5.55. The molecule has 0 atom stereocenters. The van der Waals surface area contributed by atoms with Gasteiger partial charge >= 0.3 is 0 Å². The van der Waals surface area contributed by atoms with Crippen molar-refractivity contribution in [2.75, 3.05) is 46.6 Å². The van der Waals surface area contributed by atoms with Crippen LogP contribution in [0.25, 0.3) is 0 Å². The third kappa shape index (κ3) is 10.1. The molecule has 0 saturated carbocycles. The SMILES string of the molecule is CCOC(C)(C)CNCCOCCOC. The van der Waals surface area contributed by atoms with Crippen LogP contribution in [-0.2, 0) is 14.2 Å². The molecule has 0 saturated heterocycles. The van der Waals surface area contributed by atoms with Gasteiger partial charge in [-0.25, -0.2) is 0 Å². The fourth-order valence-corrected chi connectivity index (χ4v) is 1.22. The van der Waals surface area contributed by atoms with Gasteiger partial charge < -0.3 is 19.5 Å². The van der Waals surface area contributed by atoms with Gasteiger partial charge in [-0.05, 0) is 20.8 Å². The second kappa shape index (κ2) is 9.09. The molecule has 4 nitrogen and oxygen atoms in total. The zero-order valence-corrected chi connectivity index (χ0v) is 10.5. The van der Waals surface area contributed by atoms with Crippen LogP contribution in [0.3, 0.4) is 0 Å². The van der Waals surface area contributed by atoms with Crippen LogP contribution in [0, 0.1) is 0 Å². The Labute approximate surface area is 93.3 Å². The van der Waals surface area contributed by atoms with E-state index in [0.29, 0.717) is 19.8 Å². The van der Waals surface area contributed by atoms with Gasteiger partial charge in [0, 0.05) is 26.8 Å². The first kappa shape index (κ1) is 14.8. The lowest BCUT2D eigenvalue weighted by molar-refractivity contribution is -0.0103. The molecule has 0 aromatic rings. The Bertz CT molecular complexity index is 140. The summed E-state index contributed by atoms with van der Waals surface area (Å²) in [5, 5.41) is 3.30. The highest BCUT2D eigenvalue weighted by Gasteiger charge is 2.16. The molecule has 0 rings (SSSR count). The highest BCUT2D eigenvalue weighted by atomic mass is 16.5. The van der Waals surface area contributed by atoms with Crippen LogP contribution in [0.15, 0.2) is 0 Å². The standard InChI is InChI=1S/C11H25NO3/c1-5-15-11(2,3)10-12-6-7-14-9-8-13-4/h12H,5-10H2,1-4H3. The molecule has 0 heterocycles. The van der Waals surface area contributed by atoms with Gasteiger partial charge in [0.05, 0.1) is 25.4 Å². The normalized spacial score (nSPS) is 12.0. The van der Waals surface area contributed by atoms with Crippen molar-refractivity contribution in [3.05, 3.63) is 0 Å². The lowest BCUT2D eigenvalue weighted by Gasteiger charge is -2.24. The highest BCUT2D eigenvalue weighted by molar-refractivity contribution is 4.71. The van der Waals surface area contributed by atoms with Crippen molar-refractivity contribution < 1.29 is 14.2 Å². The lowest BCUT2D eigenvalue weighted by atomic mass is 10.1. The summed E-state index contributed by atoms with van der Waals surface area (Å²) < 4.78 is 15.7. The summed E-state index contributed by atoms with van der Waals surface area (Å²) in [6.07, 6.45) is 0. The Morgan fingerprint density at radius 2 is 1.87 bits per heavy atom. The van der Waals surface area contributed by atoms with Crippen molar-refractivity contribution in [2.45, 2.75) is 26.4 Å². The molecule has 0 unspecified atom stereocenters. The minimum atomic E-state index is -0.0960. The van der Waals surface area contributed by atoms with Crippen LogP contribution < -0.4 is 5.32 Å². The number of hydrogen-bond donors (Lipinski definition) is 1. The van der Waals surface area contributed by atoms with Crippen LogP contribution in [0.4, 0.5) is 0 Å². The van der Waals surface area contributed by atoms with Crippen molar-refractivity contribution in [3.63, 3.8) is 0 Å². The van der Waals surface area contributed by atoms with Gasteiger partial charge in [-0.1, -0.05) is 0 Å². The molecule has 0 radical (unpaired) electrons. The third-order valence-electron chi connectivity index (χ3n) is 1.94. The lowest BCUT2D eigenvalue weighted by Crippen LogP contribution is -2.39. The molecule has 15 heavy (non-hydrogen) atoms. The van der Waals surface area contributed by atoms with Gasteiger partial charge in [-0.15, -0.1) is 0 Å². The van der Waals surface area contributed by atoms with E-state index in [-0.39, 0.29) is 5.60 Å². The summed E-state index contributed by atoms with van der Waals surface area (Å²) in [5.74, 6) is 0. The van der Waals surface area contributed by atoms with E-state index in [1.165, 1.54) is 0 Å². The van der Waals surface area contributed by atoms with Crippen molar-refractivity contribution in [1.29, 1.82) is 0 Å². The molecule has 92 valence electrons. The molecule has 0 aliphatic rings. The fourth-order valence-electron chi connectivity index (χ4n) is 1.22. The molecule has 0 aromatic heterocycles. The van der Waals surface area contributed by atoms with Gasteiger partial charge in [0.15, 0.2) is 0 Å². The minimum Gasteiger partial charge on any atom is -0.382 e. The number of ether oxygens (including phenoxy) is 3. The molecule has 4 heteroatoms. The van der Waals surface area contributed by atoms with E-state index >= 15 is 0 Å². The van der Waals surface area contributed by atoms with Crippen LogP contribution >= 0.6 is 0 Å². The molecular weight excluding hydrogens is 194 g/mol. The first-order chi connectivity index (χ1) is 7.12. The molecular formula is C11H25NO3. The largest absolute Gasteiger partial charge is 0.382 e.